The second-order valence-corrected chi connectivity index (χ2v) is 7.34. The third kappa shape index (κ3) is 2.65. The van der Waals surface area contributed by atoms with Gasteiger partial charge < -0.3 is 14.8 Å². The van der Waals surface area contributed by atoms with Gasteiger partial charge in [-0.2, -0.15) is 0 Å². The zero-order valence-electron chi connectivity index (χ0n) is 15.2. The first-order valence-electron chi connectivity index (χ1n) is 8.99. The van der Waals surface area contributed by atoms with Crippen LogP contribution >= 0.6 is 12.2 Å². The summed E-state index contributed by atoms with van der Waals surface area (Å²) in [5.41, 5.74) is 5.06. The van der Waals surface area contributed by atoms with Crippen LogP contribution in [0.2, 0.25) is 0 Å². The van der Waals surface area contributed by atoms with Crippen molar-refractivity contribution in [1.82, 2.24) is 19.8 Å². The molecule has 8 heteroatoms. The van der Waals surface area contributed by atoms with Crippen molar-refractivity contribution in [3.05, 3.63) is 63.9 Å². The van der Waals surface area contributed by atoms with E-state index in [4.69, 9.17) is 16.8 Å². The number of thiocarbonyl (C=S) groups is 1. The molecule has 1 aliphatic rings. The maximum Gasteiger partial charge on any atom is 0.256 e. The molecule has 140 valence electrons. The van der Waals surface area contributed by atoms with E-state index in [-0.39, 0.29) is 5.56 Å². The number of rotatable bonds is 3. The van der Waals surface area contributed by atoms with Gasteiger partial charge in [0.2, 0.25) is 0 Å². The third-order valence-corrected chi connectivity index (χ3v) is 5.57. The predicted octanol–water partition coefficient (Wildman–Crippen LogP) is 2.92. The largest absolute Gasteiger partial charge is 0.348 e. The Morgan fingerprint density at radius 3 is 3.04 bits per heavy atom. The van der Waals surface area contributed by atoms with E-state index in [2.05, 4.69) is 27.8 Å². The maximum absolute atomic E-state index is 12.9. The van der Waals surface area contributed by atoms with Gasteiger partial charge in [-0.05, 0) is 58.1 Å². The molecule has 7 nitrogen and oxygen atoms in total. The summed E-state index contributed by atoms with van der Waals surface area (Å²) in [7, 11) is 1.86. The Morgan fingerprint density at radius 2 is 2.14 bits per heavy atom. The number of aryl methyl sites for hydroxylation is 2. The average molecular weight is 391 g/mol. The Morgan fingerprint density at radius 1 is 1.29 bits per heavy atom. The summed E-state index contributed by atoms with van der Waals surface area (Å²) >= 11 is 5.53. The summed E-state index contributed by atoms with van der Waals surface area (Å²) in [5, 5.41) is 12.5. The molecule has 1 aliphatic heterocycles. The van der Waals surface area contributed by atoms with Crippen LogP contribution in [-0.2, 0) is 19.5 Å². The molecule has 0 atom stereocenters. The molecule has 0 amide bonds. The first-order valence-corrected chi connectivity index (χ1v) is 9.40. The zero-order chi connectivity index (χ0) is 19.3. The van der Waals surface area contributed by atoms with E-state index < -0.39 is 0 Å². The van der Waals surface area contributed by atoms with Gasteiger partial charge in [0.1, 0.15) is 5.52 Å². The minimum atomic E-state index is 0.0508. The number of fused-ring (bicyclic) bond motifs is 1. The molecular formula is C20H17N5O2S. The Kier molecular flexibility index (Phi) is 3.87. The molecule has 0 aliphatic carbocycles. The predicted molar refractivity (Wildman–Crippen MR) is 111 cm³/mol. The molecule has 0 spiro atoms. The molecular weight excluding hydrogens is 374 g/mol. The summed E-state index contributed by atoms with van der Waals surface area (Å²) in [6, 6.07) is 13.7. The van der Waals surface area contributed by atoms with E-state index >= 15 is 0 Å². The number of hydrogen-bond donors (Lipinski definition) is 1. The van der Waals surface area contributed by atoms with E-state index in [1.165, 1.54) is 5.56 Å². The van der Waals surface area contributed by atoms with Crippen LogP contribution in [-0.4, -0.2) is 31.9 Å². The van der Waals surface area contributed by atoms with Crippen LogP contribution in [0.4, 0.5) is 5.69 Å². The fourth-order valence-electron chi connectivity index (χ4n) is 3.79. The summed E-state index contributed by atoms with van der Waals surface area (Å²) in [6.45, 7) is 1.15. The lowest BCUT2D eigenvalue weighted by Gasteiger charge is -2.21. The monoisotopic (exact) mass is 391 g/mol. The Balaban J connectivity index is 1.42. The van der Waals surface area contributed by atoms with Crippen molar-refractivity contribution in [1.29, 1.82) is 0 Å². The van der Waals surface area contributed by atoms with Crippen LogP contribution in [0, 0.1) is 0 Å². The highest BCUT2D eigenvalue weighted by molar-refractivity contribution is 7.80. The van der Waals surface area contributed by atoms with Crippen LogP contribution in [0.15, 0.2) is 51.9 Å². The van der Waals surface area contributed by atoms with Crippen LogP contribution in [0.1, 0.15) is 11.1 Å². The van der Waals surface area contributed by atoms with Gasteiger partial charge in [0.15, 0.2) is 10.6 Å². The summed E-state index contributed by atoms with van der Waals surface area (Å²) < 4.78 is 6.67. The summed E-state index contributed by atoms with van der Waals surface area (Å²) in [6.07, 6.45) is 0.904. The molecule has 4 aromatic rings. The number of aromatic nitrogens is 3. The number of nitrogens with zero attached hydrogens (tertiary/aromatic N) is 4. The number of pyridine rings is 1. The second-order valence-electron chi connectivity index (χ2n) is 6.96. The Labute approximate surface area is 165 Å². The number of hydrogen-bond acceptors (Lipinski definition) is 5. The minimum absolute atomic E-state index is 0.0508. The minimum Gasteiger partial charge on any atom is -0.348 e. The highest BCUT2D eigenvalue weighted by Crippen LogP contribution is 2.25. The van der Waals surface area contributed by atoms with Gasteiger partial charge in [-0.15, -0.1) is 0 Å². The topological polar surface area (TPSA) is 76.2 Å². The van der Waals surface area contributed by atoms with Crippen molar-refractivity contribution >= 4 is 45.0 Å². The Bertz CT molecular complexity index is 1290. The van der Waals surface area contributed by atoms with E-state index in [0.717, 1.165) is 29.4 Å². The van der Waals surface area contributed by atoms with Crippen molar-refractivity contribution in [2.75, 3.05) is 12.4 Å². The van der Waals surface area contributed by atoms with E-state index in [1.807, 2.05) is 46.8 Å². The standard InChI is InChI=1S/C20H17N5O2S/c1-24(20(28)21-15-6-3-7-16-17(15)23-27-22-16)11-14-10-13-5-2-4-12-8-9-25(18(12)13)19(14)26/h2-7,10H,8-9,11H2,1H3,(H,21,28). The molecule has 0 saturated carbocycles. The lowest BCUT2D eigenvalue weighted by molar-refractivity contribution is 0.315. The molecule has 0 fully saturated rings. The van der Waals surface area contributed by atoms with Crippen LogP contribution in [0.25, 0.3) is 21.9 Å². The summed E-state index contributed by atoms with van der Waals surface area (Å²) in [5.74, 6) is 0. The van der Waals surface area contributed by atoms with E-state index in [9.17, 15) is 4.79 Å². The normalized spacial score (nSPS) is 12.6. The summed E-state index contributed by atoms with van der Waals surface area (Å²) in [4.78, 5) is 14.8. The van der Waals surface area contributed by atoms with Crippen molar-refractivity contribution in [3.63, 3.8) is 0 Å². The molecule has 2 aromatic heterocycles. The molecule has 28 heavy (non-hydrogen) atoms. The quantitative estimate of drug-likeness (QED) is 0.538. The fourth-order valence-corrected chi connectivity index (χ4v) is 3.96. The molecule has 0 unspecified atom stereocenters. The maximum atomic E-state index is 12.9. The van der Waals surface area contributed by atoms with Gasteiger partial charge in [0.25, 0.3) is 5.56 Å². The zero-order valence-corrected chi connectivity index (χ0v) is 16.0. The second kappa shape index (κ2) is 6.42. The van der Waals surface area contributed by atoms with Crippen molar-refractivity contribution < 1.29 is 4.63 Å². The SMILES string of the molecule is CN(Cc1cc2cccc3c2n(c1=O)CC3)C(=S)Nc1cccc2nonc12. The molecule has 0 radical (unpaired) electrons. The third-order valence-electron chi connectivity index (χ3n) is 5.16. The molecule has 3 heterocycles. The smallest absolute Gasteiger partial charge is 0.256 e. The molecule has 0 saturated heterocycles. The number of nitrogens with one attached hydrogen (secondary N) is 1. The molecule has 5 rings (SSSR count). The van der Waals surface area contributed by atoms with Crippen LogP contribution in [0.3, 0.4) is 0 Å². The number of benzene rings is 2. The number of para-hydroxylation sites is 1. The highest BCUT2D eigenvalue weighted by atomic mass is 32.1. The number of anilines is 1. The van der Waals surface area contributed by atoms with Crippen molar-refractivity contribution in [2.24, 2.45) is 0 Å². The van der Waals surface area contributed by atoms with Gasteiger partial charge in [-0.3, -0.25) is 4.79 Å². The fraction of sp³-hybridized carbons (Fsp3) is 0.200. The molecule has 1 N–H and O–H groups in total. The first kappa shape index (κ1) is 16.9. The van der Waals surface area contributed by atoms with E-state index in [0.29, 0.717) is 28.4 Å². The van der Waals surface area contributed by atoms with E-state index in [1.54, 1.807) is 0 Å². The van der Waals surface area contributed by atoms with Crippen LogP contribution < -0.4 is 10.9 Å². The highest BCUT2D eigenvalue weighted by Gasteiger charge is 2.19. The van der Waals surface area contributed by atoms with Crippen LogP contribution in [0.5, 0.6) is 0 Å². The lowest BCUT2D eigenvalue weighted by Crippen LogP contribution is -2.34. The average Bonchev–Trinajstić information content (AvgIpc) is 3.34. The van der Waals surface area contributed by atoms with Gasteiger partial charge in [-0.25, -0.2) is 4.63 Å². The van der Waals surface area contributed by atoms with Crippen molar-refractivity contribution in [2.45, 2.75) is 19.5 Å². The molecule has 0 bridgehead atoms. The van der Waals surface area contributed by atoms with Gasteiger partial charge in [-0.1, -0.05) is 24.3 Å². The molecule has 2 aromatic carbocycles. The van der Waals surface area contributed by atoms with Gasteiger partial charge >= 0.3 is 0 Å². The van der Waals surface area contributed by atoms with Gasteiger partial charge in [0.05, 0.1) is 17.7 Å². The Hall–Kier alpha value is -3.26. The first-order chi connectivity index (χ1) is 13.6. The lowest BCUT2D eigenvalue weighted by atomic mass is 10.1. The van der Waals surface area contributed by atoms with Crippen molar-refractivity contribution in [3.8, 4) is 0 Å². The van der Waals surface area contributed by atoms with Gasteiger partial charge in [0, 0.05) is 19.2 Å².